The molecule has 0 aliphatic carbocycles. The molecule has 1 heterocycles. The molecule has 7 heteroatoms. The van der Waals surface area contributed by atoms with E-state index in [9.17, 15) is 14.0 Å². The van der Waals surface area contributed by atoms with Crippen molar-refractivity contribution in [1.29, 1.82) is 0 Å². The molecule has 2 aromatic carbocycles. The van der Waals surface area contributed by atoms with E-state index < -0.39 is 17.4 Å². The number of hydrogen-bond donors (Lipinski definition) is 1. The Morgan fingerprint density at radius 2 is 1.90 bits per heavy atom. The lowest BCUT2D eigenvalue weighted by Crippen LogP contribution is -2.27. The van der Waals surface area contributed by atoms with Crippen molar-refractivity contribution < 1.29 is 23.5 Å². The highest BCUT2D eigenvalue weighted by molar-refractivity contribution is 6.66. The highest BCUT2D eigenvalue weighted by Gasteiger charge is 2.19. The number of anilines is 1. The Morgan fingerprint density at radius 3 is 2.57 bits per heavy atom. The number of carbonyl (C=O) groups excluding carboxylic acids is 2. The maximum atomic E-state index is 14.5. The average molecular weight is 412 g/mol. The number of hydrogen-bond acceptors (Lipinski definition) is 6. The lowest BCUT2D eigenvalue weighted by atomic mass is 9.91. The van der Waals surface area contributed by atoms with Gasteiger partial charge in [0, 0.05) is 20.1 Å². The Kier molecular flexibility index (Phi) is 7.82. The van der Waals surface area contributed by atoms with E-state index in [1.54, 1.807) is 6.07 Å². The summed E-state index contributed by atoms with van der Waals surface area (Å²) in [6.07, 6.45) is 1.71. The molecule has 1 aliphatic rings. The smallest absolute Gasteiger partial charge is 0.212 e. The minimum atomic E-state index is -0.565. The first-order chi connectivity index (χ1) is 14.5. The zero-order chi connectivity index (χ0) is 21.3. The molecule has 1 N–H and O–H groups in total. The van der Waals surface area contributed by atoms with Crippen LogP contribution < -0.4 is 5.43 Å². The fourth-order valence-corrected chi connectivity index (χ4v) is 3.26. The lowest BCUT2D eigenvalue weighted by molar-refractivity contribution is -0.119. The summed E-state index contributed by atoms with van der Waals surface area (Å²) < 4.78 is 25.2. The van der Waals surface area contributed by atoms with Crippen molar-refractivity contribution in [3.63, 3.8) is 0 Å². The van der Waals surface area contributed by atoms with Crippen LogP contribution in [-0.2, 0) is 25.7 Å². The summed E-state index contributed by atoms with van der Waals surface area (Å²) in [6, 6.07) is 14.2. The van der Waals surface area contributed by atoms with Gasteiger partial charge in [-0.3, -0.25) is 15.0 Å². The van der Waals surface area contributed by atoms with E-state index in [0.717, 1.165) is 24.0 Å². The van der Waals surface area contributed by atoms with E-state index in [0.29, 0.717) is 13.2 Å². The molecule has 0 amide bonds. The molecule has 30 heavy (non-hydrogen) atoms. The van der Waals surface area contributed by atoms with Crippen LogP contribution in [0.5, 0.6) is 0 Å². The van der Waals surface area contributed by atoms with E-state index in [4.69, 9.17) is 9.47 Å². The van der Waals surface area contributed by atoms with Gasteiger partial charge in [-0.25, -0.2) is 4.39 Å². The normalized spacial score (nSPS) is 15.1. The van der Waals surface area contributed by atoms with Gasteiger partial charge in [0.15, 0.2) is 11.5 Å². The molecule has 0 aromatic heterocycles. The predicted octanol–water partition coefficient (Wildman–Crippen LogP) is 3.86. The Hall–Kier alpha value is -2.90. The maximum absolute atomic E-state index is 14.5. The Labute approximate surface area is 175 Å². The quantitative estimate of drug-likeness (QED) is 0.384. The molecule has 3 rings (SSSR count). The molecule has 6 nitrogen and oxygen atoms in total. The number of nitrogens with one attached hydrogen (secondary N) is 1. The van der Waals surface area contributed by atoms with E-state index in [1.807, 2.05) is 36.4 Å². The van der Waals surface area contributed by atoms with Gasteiger partial charge >= 0.3 is 0 Å². The summed E-state index contributed by atoms with van der Waals surface area (Å²) in [5.41, 5.74) is 4.11. The zero-order valence-electron chi connectivity index (χ0n) is 16.9. The molecule has 1 saturated heterocycles. The molecular formula is C23H25FN2O4. The van der Waals surface area contributed by atoms with Crippen molar-refractivity contribution in [2.75, 3.05) is 25.2 Å². The Morgan fingerprint density at radius 1 is 1.17 bits per heavy atom. The summed E-state index contributed by atoms with van der Waals surface area (Å²) in [4.78, 5) is 24.2. The van der Waals surface area contributed by atoms with Crippen molar-refractivity contribution in [1.82, 2.24) is 0 Å². The van der Waals surface area contributed by atoms with E-state index >= 15 is 0 Å². The summed E-state index contributed by atoms with van der Waals surface area (Å²) in [7, 11) is 0. The predicted molar refractivity (Wildman–Crippen MR) is 112 cm³/mol. The Bertz CT molecular complexity index is 909. The van der Waals surface area contributed by atoms with E-state index in [-0.39, 0.29) is 30.5 Å². The zero-order valence-corrected chi connectivity index (χ0v) is 16.9. The van der Waals surface area contributed by atoms with Gasteiger partial charge in [-0.2, -0.15) is 5.10 Å². The van der Waals surface area contributed by atoms with E-state index in [2.05, 4.69) is 10.5 Å². The maximum Gasteiger partial charge on any atom is 0.212 e. The highest BCUT2D eigenvalue weighted by Crippen LogP contribution is 2.29. The van der Waals surface area contributed by atoms with Crippen molar-refractivity contribution in [2.24, 2.45) is 5.10 Å². The van der Waals surface area contributed by atoms with Crippen LogP contribution in [0, 0.1) is 5.82 Å². The second kappa shape index (κ2) is 10.8. The van der Waals surface area contributed by atoms with Crippen molar-refractivity contribution in [2.45, 2.75) is 32.3 Å². The third kappa shape index (κ3) is 6.05. The van der Waals surface area contributed by atoms with Crippen molar-refractivity contribution in [3.8, 4) is 0 Å². The number of carbonyl (C=O) groups is 2. The fourth-order valence-electron chi connectivity index (χ4n) is 3.26. The first-order valence-electron chi connectivity index (χ1n) is 9.91. The van der Waals surface area contributed by atoms with Gasteiger partial charge in [0.05, 0.1) is 12.3 Å². The van der Waals surface area contributed by atoms with Gasteiger partial charge in [-0.15, -0.1) is 0 Å². The molecule has 0 saturated carbocycles. The number of Topliss-reactive ketones (excluding diaryl/α,β-unsaturated/α-hetero) is 2. The van der Waals surface area contributed by atoms with Crippen LogP contribution in [0.3, 0.4) is 0 Å². The number of benzene rings is 2. The molecule has 1 fully saturated rings. The number of nitrogens with zero attached hydrogens (tertiary/aromatic N) is 1. The van der Waals surface area contributed by atoms with E-state index in [1.165, 1.54) is 13.0 Å². The molecule has 158 valence electrons. The molecule has 0 spiro atoms. The molecule has 2 aromatic rings. The second-order valence-corrected chi connectivity index (χ2v) is 7.16. The van der Waals surface area contributed by atoms with Gasteiger partial charge in [0.1, 0.15) is 12.4 Å². The third-order valence-electron chi connectivity index (χ3n) is 4.92. The molecule has 1 aliphatic heterocycles. The van der Waals surface area contributed by atoms with Gasteiger partial charge in [-0.1, -0.05) is 36.4 Å². The monoisotopic (exact) mass is 412 g/mol. The van der Waals surface area contributed by atoms with Gasteiger partial charge in [0.25, 0.3) is 0 Å². The third-order valence-corrected chi connectivity index (χ3v) is 4.92. The number of ether oxygens (including phenoxy) is 2. The van der Waals surface area contributed by atoms with Crippen LogP contribution >= 0.6 is 0 Å². The van der Waals surface area contributed by atoms with Gasteiger partial charge in [-0.05, 0) is 42.0 Å². The van der Waals surface area contributed by atoms with Crippen LogP contribution in [-0.4, -0.2) is 37.1 Å². The largest absolute Gasteiger partial charge is 0.381 e. The summed E-state index contributed by atoms with van der Waals surface area (Å²) in [5.74, 6) is -1.31. The molecule has 0 unspecified atom stereocenters. The number of rotatable bonds is 9. The van der Waals surface area contributed by atoms with Crippen molar-refractivity contribution in [3.05, 3.63) is 65.5 Å². The standard InChI is InChI=1S/C23H25FN2O4/c1-16(27)23(22(28)15-30-14-17-5-3-2-4-6-17)26-25-21-8-7-19(13-20(21)24)18-9-11-29-12-10-18/h2-8,13,18,25H,9-12,14-15H2,1H3/b26-23-. The minimum absolute atomic E-state index is 0.0996. The SMILES string of the molecule is CC(=O)/C(=N/Nc1ccc(C2CCOCC2)cc1F)C(=O)COCc1ccccc1. The number of ketones is 2. The Balaban J connectivity index is 1.61. The molecular weight excluding hydrogens is 387 g/mol. The minimum Gasteiger partial charge on any atom is -0.381 e. The van der Waals surface area contributed by atoms with Crippen LogP contribution in [0.2, 0.25) is 0 Å². The molecule has 0 radical (unpaired) electrons. The molecule has 0 atom stereocenters. The highest BCUT2D eigenvalue weighted by atomic mass is 19.1. The van der Waals surface area contributed by atoms with Crippen molar-refractivity contribution >= 4 is 23.0 Å². The topological polar surface area (TPSA) is 77.0 Å². The fraction of sp³-hybridized carbons (Fsp3) is 0.348. The molecule has 0 bridgehead atoms. The van der Waals surface area contributed by atoms with Crippen LogP contribution in [0.15, 0.2) is 53.6 Å². The second-order valence-electron chi connectivity index (χ2n) is 7.16. The summed E-state index contributed by atoms with van der Waals surface area (Å²) in [5, 5.41) is 3.85. The van der Waals surface area contributed by atoms with Gasteiger partial charge in [0.2, 0.25) is 5.78 Å². The number of halogens is 1. The van der Waals surface area contributed by atoms with Crippen LogP contribution in [0.25, 0.3) is 0 Å². The average Bonchev–Trinajstić information content (AvgIpc) is 2.76. The summed E-state index contributed by atoms with van der Waals surface area (Å²) in [6.45, 7) is 2.54. The van der Waals surface area contributed by atoms with Gasteiger partial charge < -0.3 is 9.47 Å². The number of hydrazone groups is 1. The van der Waals surface area contributed by atoms with Crippen LogP contribution in [0.1, 0.15) is 36.8 Å². The van der Waals surface area contributed by atoms with Crippen LogP contribution in [0.4, 0.5) is 10.1 Å². The summed E-state index contributed by atoms with van der Waals surface area (Å²) >= 11 is 0. The first kappa shape index (κ1) is 21.8. The first-order valence-corrected chi connectivity index (χ1v) is 9.91. The lowest BCUT2D eigenvalue weighted by Gasteiger charge is -2.22.